The molecule has 0 saturated carbocycles. The SMILES string of the molecule is CCC(=O)CCCOc1cc([N+](=O)[O-])c(C(C)OCC(C)C)cc1OC. The van der Waals surface area contributed by atoms with E-state index in [2.05, 4.69) is 0 Å². The summed E-state index contributed by atoms with van der Waals surface area (Å²) in [5, 5.41) is 11.5. The molecule has 0 N–H and O–H groups in total. The quantitative estimate of drug-likeness (QED) is 0.307. The van der Waals surface area contributed by atoms with Crippen molar-refractivity contribution in [2.45, 2.75) is 53.1 Å². The Kier molecular flexibility index (Phi) is 9.05. The molecule has 0 aliphatic carbocycles. The first-order valence-corrected chi connectivity index (χ1v) is 8.92. The van der Waals surface area contributed by atoms with E-state index in [0.717, 1.165) is 0 Å². The van der Waals surface area contributed by atoms with Gasteiger partial charge in [0, 0.05) is 19.4 Å². The molecule has 0 heterocycles. The second kappa shape index (κ2) is 10.8. The number of methoxy groups -OCH3 is 1. The number of ether oxygens (including phenoxy) is 3. The van der Waals surface area contributed by atoms with Crippen molar-refractivity contribution in [3.8, 4) is 11.5 Å². The molecule has 7 nitrogen and oxygen atoms in total. The first kappa shape index (κ1) is 21.9. The van der Waals surface area contributed by atoms with Crippen molar-refractivity contribution in [2.24, 2.45) is 5.92 Å². The lowest BCUT2D eigenvalue weighted by Gasteiger charge is -2.18. The lowest BCUT2D eigenvalue weighted by Crippen LogP contribution is -2.09. The van der Waals surface area contributed by atoms with E-state index in [0.29, 0.717) is 48.8 Å². The van der Waals surface area contributed by atoms with Crippen LogP contribution in [0.3, 0.4) is 0 Å². The highest BCUT2D eigenvalue weighted by atomic mass is 16.6. The summed E-state index contributed by atoms with van der Waals surface area (Å²) >= 11 is 0. The van der Waals surface area contributed by atoms with E-state index in [-0.39, 0.29) is 18.1 Å². The van der Waals surface area contributed by atoms with Gasteiger partial charge in [-0.3, -0.25) is 14.9 Å². The molecule has 0 amide bonds. The molecule has 0 saturated heterocycles. The molecular weight excluding hydrogens is 338 g/mol. The van der Waals surface area contributed by atoms with Crippen LogP contribution in [-0.2, 0) is 9.53 Å². The zero-order chi connectivity index (χ0) is 19.7. The standard InChI is InChI=1S/C19H29NO6/c1-6-15(21)8-7-9-25-19-11-17(20(22)23)16(10-18(19)24-5)14(4)26-12-13(2)3/h10-11,13-14H,6-9,12H2,1-5H3. The highest BCUT2D eigenvalue weighted by molar-refractivity contribution is 5.77. The third-order valence-electron chi connectivity index (χ3n) is 3.88. The van der Waals surface area contributed by atoms with Crippen LogP contribution in [0.1, 0.15) is 58.6 Å². The molecule has 0 aliphatic heterocycles. The van der Waals surface area contributed by atoms with Gasteiger partial charge in [-0.25, -0.2) is 0 Å². The summed E-state index contributed by atoms with van der Waals surface area (Å²) in [7, 11) is 1.48. The third kappa shape index (κ3) is 6.63. The minimum Gasteiger partial charge on any atom is -0.493 e. The number of carbonyl (C=O) groups is 1. The molecule has 26 heavy (non-hydrogen) atoms. The number of hydrogen-bond donors (Lipinski definition) is 0. The van der Waals surface area contributed by atoms with Crippen molar-refractivity contribution in [1.29, 1.82) is 0 Å². The lowest BCUT2D eigenvalue weighted by molar-refractivity contribution is -0.386. The second-order valence-electron chi connectivity index (χ2n) is 6.53. The average Bonchev–Trinajstić information content (AvgIpc) is 2.62. The minimum absolute atomic E-state index is 0.0679. The molecule has 1 rings (SSSR count). The molecule has 0 aliphatic rings. The number of carbonyl (C=O) groups excluding carboxylic acids is 1. The van der Waals surface area contributed by atoms with Crippen molar-refractivity contribution in [3.63, 3.8) is 0 Å². The van der Waals surface area contributed by atoms with Gasteiger partial charge >= 0.3 is 0 Å². The van der Waals surface area contributed by atoms with Crippen LogP contribution in [0.25, 0.3) is 0 Å². The van der Waals surface area contributed by atoms with Crippen LogP contribution in [0.15, 0.2) is 12.1 Å². The summed E-state index contributed by atoms with van der Waals surface area (Å²) in [6, 6.07) is 2.96. The highest BCUT2D eigenvalue weighted by Crippen LogP contribution is 2.38. The number of benzene rings is 1. The molecule has 146 valence electrons. The van der Waals surface area contributed by atoms with Gasteiger partial charge in [0.15, 0.2) is 11.5 Å². The Morgan fingerprint density at radius 3 is 2.46 bits per heavy atom. The minimum atomic E-state index is -0.447. The number of nitro benzene ring substituents is 1. The molecule has 0 bridgehead atoms. The Bertz CT molecular complexity index is 614. The molecule has 0 spiro atoms. The molecule has 0 fully saturated rings. The van der Waals surface area contributed by atoms with Crippen molar-refractivity contribution in [2.75, 3.05) is 20.3 Å². The van der Waals surface area contributed by atoms with E-state index < -0.39 is 11.0 Å². The van der Waals surface area contributed by atoms with Crippen LogP contribution in [0, 0.1) is 16.0 Å². The number of hydrogen-bond acceptors (Lipinski definition) is 6. The number of nitro groups is 1. The summed E-state index contributed by atoms with van der Waals surface area (Å²) in [6.45, 7) is 8.42. The van der Waals surface area contributed by atoms with Crippen molar-refractivity contribution >= 4 is 11.5 Å². The van der Waals surface area contributed by atoms with Gasteiger partial charge in [0.1, 0.15) is 5.78 Å². The van der Waals surface area contributed by atoms with Gasteiger partial charge in [-0.2, -0.15) is 0 Å². The number of rotatable bonds is 12. The maximum absolute atomic E-state index is 11.5. The average molecular weight is 367 g/mol. The molecule has 1 aromatic carbocycles. The van der Waals surface area contributed by atoms with Gasteiger partial charge < -0.3 is 14.2 Å². The smallest absolute Gasteiger partial charge is 0.279 e. The van der Waals surface area contributed by atoms with E-state index >= 15 is 0 Å². The second-order valence-corrected chi connectivity index (χ2v) is 6.53. The molecular formula is C19H29NO6. The van der Waals surface area contributed by atoms with Crippen LogP contribution >= 0.6 is 0 Å². The highest BCUT2D eigenvalue weighted by Gasteiger charge is 2.24. The third-order valence-corrected chi connectivity index (χ3v) is 3.88. The molecule has 0 radical (unpaired) electrons. The summed E-state index contributed by atoms with van der Waals surface area (Å²) in [6.07, 6.45) is 1.04. The number of ketones is 1. The predicted octanol–water partition coefficient (Wildman–Crippen LogP) is 4.48. The number of nitrogens with zero attached hydrogens (tertiary/aromatic N) is 1. The van der Waals surface area contributed by atoms with E-state index in [9.17, 15) is 14.9 Å². The Hall–Kier alpha value is -2.15. The normalized spacial score (nSPS) is 12.1. The van der Waals surface area contributed by atoms with Crippen molar-refractivity contribution in [1.82, 2.24) is 0 Å². The van der Waals surface area contributed by atoms with Gasteiger partial charge in [-0.1, -0.05) is 20.8 Å². The fourth-order valence-electron chi connectivity index (χ4n) is 2.38. The zero-order valence-corrected chi connectivity index (χ0v) is 16.2. The molecule has 1 atom stereocenters. The van der Waals surface area contributed by atoms with Gasteiger partial charge in [-0.05, 0) is 25.3 Å². The summed E-state index contributed by atoms with van der Waals surface area (Å²) in [4.78, 5) is 22.4. The maximum atomic E-state index is 11.5. The fraction of sp³-hybridized carbons (Fsp3) is 0.632. The van der Waals surface area contributed by atoms with Crippen molar-refractivity contribution in [3.05, 3.63) is 27.8 Å². The summed E-state index contributed by atoms with van der Waals surface area (Å²) < 4.78 is 16.7. The van der Waals surface area contributed by atoms with Crippen LogP contribution in [0.4, 0.5) is 5.69 Å². The lowest BCUT2D eigenvalue weighted by atomic mass is 10.1. The fourth-order valence-corrected chi connectivity index (χ4v) is 2.38. The molecule has 7 heteroatoms. The van der Waals surface area contributed by atoms with E-state index in [1.807, 2.05) is 20.8 Å². The van der Waals surface area contributed by atoms with Crippen LogP contribution in [-0.4, -0.2) is 31.0 Å². The molecule has 1 unspecified atom stereocenters. The first-order chi connectivity index (χ1) is 12.3. The Balaban J connectivity index is 2.97. The van der Waals surface area contributed by atoms with Crippen LogP contribution in [0.5, 0.6) is 11.5 Å². The zero-order valence-electron chi connectivity index (χ0n) is 16.2. The van der Waals surface area contributed by atoms with Gasteiger partial charge in [-0.15, -0.1) is 0 Å². The first-order valence-electron chi connectivity index (χ1n) is 8.92. The summed E-state index contributed by atoms with van der Waals surface area (Å²) in [5.41, 5.74) is 0.378. The topological polar surface area (TPSA) is 87.9 Å². The molecule has 1 aromatic rings. The van der Waals surface area contributed by atoms with Gasteiger partial charge in [0.25, 0.3) is 5.69 Å². The van der Waals surface area contributed by atoms with Crippen molar-refractivity contribution < 1.29 is 23.9 Å². The van der Waals surface area contributed by atoms with E-state index in [4.69, 9.17) is 14.2 Å². The Labute approximate surface area is 154 Å². The Morgan fingerprint density at radius 2 is 1.92 bits per heavy atom. The largest absolute Gasteiger partial charge is 0.493 e. The van der Waals surface area contributed by atoms with Crippen LogP contribution < -0.4 is 9.47 Å². The monoisotopic (exact) mass is 367 g/mol. The van der Waals surface area contributed by atoms with Gasteiger partial charge in [0.05, 0.1) is 36.4 Å². The van der Waals surface area contributed by atoms with E-state index in [1.54, 1.807) is 13.0 Å². The number of Topliss-reactive ketones (excluding diaryl/α,β-unsaturated/α-hetero) is 1. The predicted molar refractivity (Wildman–Crippen MR) is 98.9 cm³/mol. The van der Waals surface area contributed by atoms with E-state index in [1.165, 1.54) is 13.2 Å². The van der Waals surface area contributed by atoms with Gasteiger partial charge in [0.2, 0.25) is 0 Å². The maximum Gasteiger partial charge on any atom is 0.279 e. The molecule has 0 aromatic heterocycles. The van der Waals surface area contributed by atoms with Crippen LogP contribution in [0.2, 0.25) is 0 Å². The Morgan fingerprint density at radius 1 is 1.23 bits per heavy atom. The summed E-state index contributed by atoms with van der Waals surface area (Å²) in [5.74, 6) is 1.19.